The molecule has 0 N–H and O–H groups in total. The van der Waals surface area contributed by atoms with Crippen molar-refractivity contribution in [2.75, 3.05) is 7.11 Å². The van der Waals surface area contributed by atoms with Crippen molar-refractivity contribution in [3.8, 4) is 0 Å². The second kappa shape index (κ2) is 17.8. The van der Waals surface area contributed by atoms with Crippen LogP contribution in [0, 0.1) is 0 Å². The number of ether oxygens (including phenoxy) is 2. The number of esters is 2. The zero-order valence-electron chi connectivity index (χ0n) is 16.8. The summed E-state index contributed by atoms with van der Waals surface area (Å²) < 4.78 is 9.75. The van der Waals surface area contributed by atoms with E-state index in [1.807, 2.05) is 6.92 Å². The fourth-order valence-corrected chi connectivity index (χ4v) is 3.09. The second-order valence-electron chi connectivity index (χ2n) is 7.13. The Morgan fingerprint density at radius 3 is 1.52 bits per heavy atom. The standard InChI is InChI=1S/C21H40O4/c1-19(25-20(2)22)17-15-13-11-9-7-5-4-6-8-10-12-14-16-18-21(23)24-3/h19H,4-18H2,1-3H3. The number of carbonyl (C=O) groups is 2. The molecule has 0 aromatic carbocycles. The molecule has 0 spiro atoms. The fraction of sp³-hybridized carbons (Fsp3) is 0.905. The Kier molecular flexibility index (Phi) is 17.0. The molecule has 0 aliphatic carbocycles. The van der Waals surface area contributed by atoms with Gasteiger partial charge in [0, 0.05) is 13.3 Å². The smallest absolute Gasteiger partial charge is 0.305 e. The highest BCUT2D eigenvalue weighted by Crippen LogP contribution is 2.14. The van der Waals surface area contributed by atoms with E-state index < -0.39 is 0 Å². The Labute approximate surface area is 155 Å². The topological polar surface area (TPSA) is 52.6 Å². The van der Waals surface area contributed by atoms with Crippen LogP contribution < -0.4 is 0 Å². The van der Waals surface area contributed by atoms with Crippen LogP contribution in [0.5, 0.6) is 0 Å². The summed E-state index contributed by atoms with van der Waals surface area (Å²) in [5, 5.41) is 0. The molecule has 0 aliphatic rings. The first-order valence-corrected chi connectivity index (χ1v) is 10.3. The number of hydrogen-bond acceptors (Lipinski definition) is 4. The Morgan fingerprint density at radius 1 is 0.720 bits per heavy atom. The van der Waals surface area contributed by atoms with Crippen molar-refractivity contribution in [1.29, 1.82) is 0 Å². The van der Waals surface area contributed by atoms with Crippen molar-refractivity contribution < 1.29 is 19.1 Å². The fourth-order valence-electron chi connectivity index (χ4n) is 3.09. The Morgan fingerprint density at radius 2 is 1.12 bits per heavy atom. The average Bonchev–Trinajstić information content (AvgIpc) is 2.57. The molecule has 0 aromatic rings. The molecule has 0 fully saturated rings. The summed E-state index contributed by atoms with van der Waals surface area (Å²) in [5.74, 6) is -0.257. The summed E-state index contributed by atoms with van der Waals surface area (Å²) >= 11 is 0. The van der Waals surface area contributed by atoms with Crippen molar-refractivity contribution in [1.82, 2.24) is 0 Å². The van der Waals surface area contributed by atoms with Gasteiger partial charge in [0.05, 0.1) is 13.2 Å². The molecule has 0 aromatic heterocycles. The number of carbonyl (C=O) groups excluding carboxylic acids is 2. The van der Waals surface area contributed by atoms with Gasteiger partial charge < -0.3 is 9.47 Å². The first-order chi connectivity index (χ1) is 12.1. The van der Waals surface area contributed by atoms with Gasteiger partial charge in [0.15, 0.2) is 0 Å². The van der Waals surface area contributed by atoms with Crippen molar-refractivity contribution in [2.24, 2.45) is 0 Å². The van der Waals surface area contributed by atoms with Gasteiger partial charge in [-0.1, -0.05) is 70.6 Å². The lowest BCUT2D eigenvalue weighted by molar-refractivity contribution is -0.145. The van der Waals surface area contributed by atoms with E-state index in [0.29, 0.717) is 6.42 Å². The molecule has 25 heavy (non-hydrogen) atoms. The van der Waals surface area contributed by atoms with Crippen molar-refractivity contribution in [3.05, 3.63) is 0 Å². The lowest BCUT2D eigenvalue weighted by Crippen LogP contribution is -2.11. The molecule has 0 heterocycles. The van der Waals surface area contributed by atoms with E-state index in [4.69, 9.17) is 4.74 Å². The summed E-state index contributed by atoms with van der Waals surface area (Å²) in [4.78, 5) is 21.8. The number of methoxy groups -OCH3 is 1. The van der Waals surface area contributed by atoms with E-state index in [9.17, 15) is 9.59 Å². The Bertz CT molecular complexity index is 328. The maximum absolute atomic E-state index is 11.0. The van der Waals surface area contributed by atoms with Crippen LogP contribution in [0.25, 0.3) is 0 Å². The molecule has 0 amide bonds. The highest BCUT2D eigenvalue weighted by Gasteiger charge is 2.04. The van der Waals surface area contributed by atoms with Gasteiger partial charge in [0.25, 0.3) is 0 Å². The lowest BCUT2D eigenvalue weighted by Gasteiger charge is -2.11. The van der Waals surface area contributed by atoms with Crippen LogP contribution in [0.4, 0.5) is 0 Å². The van der Waals surface area contributed by atoms with Gasteiger partial charge in [0.1, 0.15) is 0 Å². The lowest BCUT2D eigenvalue weighted by atomic mass is 10.0. The molecule has 0 bridgehead atoms. The van der Waals surface area contributed by atoms with Crippen molar-refractivity contribution in [3.63, 3.8) is 0 Å². The van der Waals surface area contributed by atoms with Gasteiger partial charge >= 0.3 is 11.9 Å². The van der Waals surface area contributed by atoms with Crippen LogP contribution in [0.15, 0.2) is 0 Å². The van der Waals surface area contributed by atoms with Crippen LogP contribution in [0.3, 0.4) is 0 Å². The maximum Gasteiger partial charge on any atom is 0.305 e. The number of unbranched alkanes of at least 4 members (excludes halogenated alkanes) is 12. The Balaban J connectivity index is 3.12. The van der Waals surface area contributed by atoms with Crippen LogP contribution >= 0.6 is 0 Å². The molecule has 0 aliphatic heterocycles. The molecule has 1 unspecified atom stereocenters. The minimum atomic E-state index is -0.173. The van der Waals surface area contributed by atoms with Gasteiger partial charge in [-0.05, 0) is 26.2 Å². The molecule has 148 valence electrons. The molecule has 4 heteroatoms. The summed E-state index contributed by atoms with van der Waals surface area (Å²) in [6.45, 7) is 3.45. The largest absolute Gasteiger partial charge is 0.469 e. The van der Waals surface area contributed by atoms with E-state index in [-0.39, 0.29) is 18.0 Å². The molecule has 0 saturated carbocycles. The van der Waals surface area contributed by atoms with Crippen LogP contribution in [0.2, 0.25) is 0 Å². The molecular formula is C21H40O4. The van der Waals surface area contributed by atoms with E-state index in [0.717, 1.165) is 25.7 Å². The van der Waals surface area contributed by atoms with E-state index in [2.05, 4.69) is 4.74 Å². The van der Waals surface area contributed by atoms with Gasteiger partial charge in [-0.3, -0.25) is 9.59 Å². The predicted octanol–water partition coefficient (Wildman–Crippen LogP) is 5.96. The normalized spacial score (nSPS) is 12.0. The van der Waals surface area contributed by atoms with Crippen LogP contribution in [-0.2, 0) is 19.1 Å². The Hall–Kier alpha value is -1.06. The molecular weight excluding hydrogens is 316 g/mol. The van der Waals surface area contributed by atoms with Crippen LogP contribution in [0.1, 0.15) is 110 Å². The highest BCUT2D eigenvalue weighted by molar-refractivity contribution is 5.68. The highest BCUT2D eigenvalue weighted by atomic mass is 16.5. The molecule has 0 saturated heterocycles. The molecule has 1 atom stereocenters. The summed E-state index contributed by atoms with van der Waals surface area (Å²) in [6.07, 6.45) is 18.0. The molecule has 0 radical (unpaired) electrons. The molecule has 0 rings (SSSR count). The minimum Gasteiger partial charge on any atom is -0.469 e. The number of rotatable bonds is 17. The summed E-state index contributed by atoms with van der Waals surface area (Å²) in [7, 11) is 1.45. The first kappa shape index (κ1) is 23.9. The van der Waals surface area contributed by atoms with E-state index in [1.165, 1.54) is 78.2 Å². The van der Waals surface area contributed by atoms with Crippen molar-refractivity contribution in [2.45, 2.75) is 116 Å². The van der Waals surface area contributed by atoms with Gasteiger partial charge in [-0.15, -0.1) is 0 Å². The van der Waals surface area contributed by atoms with Gasteiger partial charge in [0.2, 0.25) is 0 Å². The number of hydrogen-bond donors (Lipinski definition) is 0. The van der Waals surface area contributed by atoms with E-state index >= 15 is 0 Å². The second-order valence-corrected chi connectivity index (χ2v) is 7.13. The van der Waals surface area contributed by atoms with Crippen LogP contribution in [-0.4, -0.2) is 25.2 Å². The summed E-state index contributed by atoms with van der Waals surface area (Å²) in [5.41, 5.74) is 0. The third kappa shape index (κ3) is 19.1. The minimum absolute atomic E-state index is 0.0676. The van der Waals surface area contributed by atoms with E-state index in [1.54, 1.807) is 0 Å². The maximum atomic E-state index is 11.0. The van der Waals surface area contributed by atoms with Crippen molar-refractivity contribution >= 4 is 11.9 Å². The van der Waals surface area contributed by atoms with Gasteiger partial charge in [-0.25, -0.2) is 0 Å². The first-order valence-electron chi connectivity index (χ1n) is 10.3. The average molecular weight is 357 g/mol. The summed E-state index contributed by atoms with van der Waals surface area (Å²) in [6, 6.07) is 0. The third-order valence-electron chi connectivity index (χ3n) is 4.59. The predicted molar refractivity (Wildman–Crippen MR) is 102 cm³/mol. The zero-order valence-corrected chi connectivity index (χ0v) is 16.8. The molecule has 4 nitrogen and oxygen atoms in total. The SMILES string of the molecule is COC(=O)CCCCCCCCCCCCCCCC(C)OC(C)=O. The monoisotopic (exact) mass is 356 g/mol. The third-order valence-corrected chi connectivity index (χ3v) is 4.59. The van der Waals surface area contributed by atoms with Gasteiger partial charge in [-0.2, -0.15) is 0 Å². The quantitative estimate of drug-likeness (QED) is 0.238. The zero-order chi connectivity index (χ0) is 18.8.